The maximum atomic E-state index is 15.0. The molecule has 2 aliphatic rings. The Balaban J connectivity index is 1.63. The van der Waals surface area contributed by atoms with Crippen LogP contribution < -0.4 is 5.32 Å². The Morgan fingerprint density at radius 1 is 1.14 bits per heavy atom. The fourth-order valence-corrected chi connectivity index (χ4v) is 5.31. The number of amides is 2. The van der Waals surface area contributed by atoms with E-state index in [1.807, 2.05) is 6.92 Å². The molecule has 1 aliphatic heterocycles. The molecule has 0 aromatic heterocycles. The van der Waals surface area contributed by atoms with Gasteiger partial charge in [0, 0.05) is 17.7 Å². The van der Waals surface area contributed by atoms with Crippen LogP contribution in [0.5, 0.6) is 0 Å². The molecule has 7 nitrogen and oxygen atoms in total. The van der Waals surface area contributed by atoms with Gasteiger partial charge < -0.3 is 15.3 Å². The van der Waals surface area contributed by atoms with Crippen molar-refractivity contribution in [2.45, 2.75) is 64.6 Å². The number of hydrogen-bond donors (Lipinski definition) is 2. The van der Waals surface area contributed by atoms with E-state index in [1.54, 1.807) is 35.2 Å². The minimum atomic E-state index is -0.987. The average Bonchev–Trinajstić information content (AvgIpc) is 3.14. The van der Waals surface area contributed by atoms with Gasteiger partial charge in [-0.25, -0.2) is 4.39 Å². The maximum absolute atomic E-state index is 15.0. The standard InChI is InChI=1S/C28H31ClFN3O4/c1-17(18-7-9-19(10-8-18)25(36)31-16-11-22(34)35)33-26(37)24(20-5-4-6-21(29)23(20)30)32-28(33)14-12-27(2,3)13-15-28/h4-10,17H,11-16H2,1-3H3,(H,31,36)(H,34,35). The van der Waals surface area contributed by atoms with E-state index >= 15 is 0 Å². The van der Waals surface area contributed by atoms with E-state index < -0.39 is 17.4 Å². The summed E-state index contributed by atoms with van der Waals surface area (Å²) in [6.07, 6.45) is 2.89. The quantitative estimate of drug-likeness (QED) is 0.505. The molecule has 2 aromatic carbocycles. The van der Waals surface area contributed by atoms with Gasteiger partial charge in [-0.15, -0.1) is 0 Å². The zero-order valence-corrected chi connectivity index (χ0v) is 21.9. The van der Waals surface area contributed by atoms with Crippen LogP contribution in [-0.4, -0.2) is 45.7 Å². The molecule has 2 amide bonds. The highest BCUT2D eigenvalue weighted by atomic mass is 35.5. The highest BCUT2D eigenvalue weighted by molar-refractivity contribution is 6.47. The van der Waals surface area contributed by atoms with Crippen LogP contribution in [-0.2, 0) is 9.59 Å². The first-order valence-electron chi connectivity index (χ1n) is 12.4. The number of hydrogen-bond acceptors (Lipinski definition) is 4. The highest BCUT2D eigenvalue weighted by Crippen LogP contribution is 2.49. The molecule has 0 bridgehead atoms. The number of carbonyl (C=O) groups is 3. The number of carboxylic acids is 1. The van der Waals surface area contributed by atoms with Gasteiger partial charge in [-0.1, -0.05) is 43.6 Å². The minimum absolute atomic E-state index is 0.0354. The fraction of sp³-hybridized carbons (Fsp3) is 0.429. The lowest BCUT2D eigenvalue weighted by molar-refractivity contribution is -0.137. The van der Waals surface area contributed by atoms with Crippen molar-refractivity contribution in [2.75, 3.05) is 6.54 Å². The van der Waals surface area contributed by atoms with Crippen LogP contribution in [0.4, 0.5) is 4.39 Å². The molecule has 1 heterocycles. The van der Waals surface area contributed by atoms with E-state index in [0.29, 0.717) is 18.4 Å². The number of nitrogens with one attached hydrogen (secondary N) is 1. The Morgan fingerprint density at radius 2 is 1.78 bits per heavy atom. The molecule has 1 saturated carbocycles. The summed E-state index contributed by atoms with van der Waals surface area (Å²) >= 11 is 6.02. The molecule has 1 fully saturated rings. The number of aliphatic carboxylic acids is 1. The lowest BCUT2D eigenvalue weighted by Crippen LogP contribution is -2.51. The van der Waals surface area contributed by atoms with E-state index in [2.05, 4.69) is 19.2 Å². The minimum Gasteiger partial charge on any atom is -0.481 e. The van der Waals surface area contributed by atoms with E-state index in [9.17, 15) is 18.8 Å². The van der Waals surface area contributed by atoms with E-state index in [0.717, 1.165) is 18.4 Å². The van der Waals surface area contributed by atoms with Gasteiger partial charge in [-0.2, -0.15) is 0 Å². The number of rotatable bonds is 7. The summed E-state index contributed by atoms with van der Waals surface area (Å²) < 4.78 is 15.0. The lowest BCUT2D eigenvalue weighted by atomic mass is 9.72. The molecule has 0 saturated heterocycles. The van der Waals surface area contributed by atoms with Crippen molar-refractivity contribution in [3.8, 4) is 0 Å². The Hall–Kier alpha value is -3.26. The topological polar surface area (TPSA) is 99.1 Å². The highest BCUT2D eigenvalue weighted by Gasteiger charge is 2.52. The third-order valence-electron chi connectivity index (χ3n) is 7.47. The van der Waals surface area contributed by atoms with Gasteiger partial charge in [-0.05, 0) is 67.9 Å². The van der Waals surface area contributed by atoms with Crippen LogP contribution >= 0.6 is 11.6 Å². The Kier molecular flexibility index (Phi) is 7.42. The Labute approximate surface area is 220 Å². The summed E-state index contributed by atoms with van der Waals surface area (Å²) in [6, 6.07) is 11.1. The molecular formula is C28H31ClFN3O4. The summed E-state index contributed by atoms with van der Waals surface area (Å²) in [7, 11) is 0. The number of carboxylic acid groups (broad SMARTS) is 1. The summed E-state index contributed by atoms with van der Waals surface area (Å²) in [5.41, 5.74) is 0.719. The third kappa shape index (κ3) is 5.39. The molecule has 1 atom stereocenters. The fourth-order valence-electron chi connectivity index (χ4n) is 5.14. The van der Waals surface area contributed by atoms with Gasteiger partial charge in [0.25, 0.3) is 11.8 Å². The number of nitrogens with zero attached hydrogens (tertiary/aromatic N) is 2. The number of aliphatic imine (C=N–C) groups is 1. The first-order valence-corrected chi connectivity index (χ1v) is 12.8. The van der Waals surface area contributed by atoms with E-state index in [1.165, 1.54) is 12.1 Å². The van der Waals surface area contributed by atoms with Crippen molar-refractivity contribution in [3.05, 3.63) is 70.0 Å². The molecule has 9 heteroatoms. The molecule has 196 valence electrons. The van der Waals surface area contributed by atoms with Crippen LogP contribution in [0.25, 0.3) is 0 Å². The van der Waals surface area contributed by atoms with Crippen LogP contribution in [0.3, 0.4) is 0 Å². The molecule has 1 aliphatic carbocycles. The van der Waals surface area contributed by atoms with Crippen LogP contribution in [0.15, 0.2) is 47.5 Å². The predicted molar refractivity (Wildman–Crippen MR) is 139 cm³/mol. The smallest absolute Gasteiger partial charge is 0.305 e. The zero-order chi connectivity index (χ0) is 27.0. The van der Waals surface area contributed by atoms with Crippen molar-refractivity contribution in [2.24, 2.45) is 10.4 Å². The normalized spacial score (nSPS) is 19.0. The molecule has 37 heavy (non-hydrogen) atoms. The number of halogens is 2. The van der Waals surface area contributed by atoms with Gasteiger partial charge in [0.15, 0.2) is 5.82 Å². The third-order valence-corrected chi connectivity index (χ3v) is 7.76. The Morgan fingerprint density at radius 3 is 2.41 bits per heavy atom. The van der Waals surface area contributed by atoms with Gasteiger partial charge >= 0.3 is 5.97 Å². The first kappa shape index (κ1) is 26.8. The van der Waals surface area contributed by atoms with Crippen molar-refractivity contribution >= 4 is 35.1 Å². The maximum Gasteiger partial charge on any atom is 0.305 e. The largest absolute Gasteiger partial charge is 0.481 e. The van der Waals surface area contributed by atoms with Crippen molar-refractivity contribution in [1.29, 1.82) is 0 Å². The molecule has 2 N–H and O–H groups in total. The molecule has 2 aromatic rings. The molecule has 4 rings (SSSR count). The predicted octanol–water partition coefficient (Wildman–Crippen LogP) is 5.37. The second kappa shape index (κ2) is 10.2. The van der Waals surface area contributed by atoms with Gasteiger partial charge in [0.2, 0.25) is 0 Å². The molecule has 0 radical (unpaired) electrons. The number of benzene rings is 2. The van der Waals surface area contributed by atoms with E-state index in [4.69, 9.17) is 21.7 Å². The van der Waals surface area contributed by atoms with E-state index in [-0.39, 0.29) is 52.5 Å². The lowest BCUT2D eigenvalue weighted by Gasteiger charge is -2.46. The second-order valence-corrected chi connectivity index (χ2v) is 11.0. The SMILES string of the molecule is CC(c1ccc(C(=O)NCCC(=O)O)cc1)N1C(=O)C(c2cccc(Cl)c2F)=NC12CCC(C)(C)CC2. The number of carbonyl (C=O) groups excluding carboxylic acids is 2. The summed E-state index contributed by atoms with van der Waals surface area (Å²) in [6.45, 7) is 6.35. The molecule has 1 unspecified atom stereocenters. The summed E-state index contributed by atoms with van der Waals surface area (Å²) in [4.78, 5) is 43.5. The van der Waals surface area contributed by atoms with Crippen molar-refractivity contribution in [3.63, 3.8) is 0 Å². The molecular weight excluding hydrogens is 497 g/mol. The zero-order valence-electron chi connectivity index (χ0n) is 21.2. The first-order chi connectivity index (χ1) is 17.4. The van der Waals surface area contributed by atoms with Gasteiger partial charge in [0.1, 0.15) is 11.4 Å². The van der Waals surface area contributed by atoms with Gasteiger partial charge in [0.05, 0.1) is 17.5 Å². The average molecular weight is 528 g/mol. The van der Waals surface area contributed by atoms with Crippen LogP contribution in [0, 0.1) is 11.2 Å². The molecule has 1 spiro atoms. The summed E-state index contributed by atoms with van der Waals surface area (Å²) in [5.74, 6) is -2.36. The van der Waals surface area contributed by atoms with Crippen LogP contribution in [0.1, 0.15) is 80.4 Å². The monoisotopic (exact) mass is 527 g/mol. The van der Waals surface area contributed by atoms with Crippen LogP contribution in [0.2, 0.25) is 5.02 Å². The Bertz CT molecular complexity index is 1250. The summed E-state index contributed by atoms with van der Waals surface area (Å²) in [5, 5.41) is 11.3. The van der Waals surface area contributed by atoms with Crippen molar-refractivity contribution < 1.29 is 23.9 Å². The second-order valence-electron chi connectivity index (χ2n) is 10.6. The van der Waals surface area contributed by atoms with Crippen molar-refractivity contribution in [1.82, 2.24) is 10.2 Å². The van der Waals surface area contributed by atoms with Gasteiger partial charge in [-0.3, -0.25) is 19.4 Å².